The molecule has 1 saturated heterocycles. The molecule has 1 amide bonds. The molecule has 1 aliphatic heterocycles. The fourth-order valence-corrected chi connectivity index (χ4v) is 3.02. The molecule has 22 heavy (non-hydrogen) atoms. The topological polar surface area (TPSA) is 58.6 Å². The molecular formula is C17H22N2O3. The molecule has 5 heteroatoms. The zero-order chi connectivity index (χ0) is 15.5. The Balaban J connectivity index is 1.87. The van der Waals surface area contributed by atoms with Gasteiger partial charge in [-0.05, 0) is 43.9 Å². The van der Waals surface area contributed by atoms with Gasteiger partial charge in [-0.25, -0.2) is 4.79 Å². The van der Waals surface area contributed by atoms with Gasteiger partial charge in [0.25, 0.3) is 0 Å². The minimum atomic E-state index is -0.382. The lowest BCUT2D eigenvalue weighted by Gasteiger charge is -2.27. The van der Waals surface area contributed by atoms with Crippen molar-refractivity contribution < 1.29 is 14.3 Å². The summed E-state index contributed by atoms with van der Waals surface area (Å²) in [7, 11) is 1.36. The molecule has 2 fully saturated rings. The number of hydrogen-bond acceptors (Lipinski definition) is 4. The zero-order valence-electron chi connectivity index (χ0n) is 12.9. The Labute approximate surface area is 130 Å². The molecule has 1 N–H and O–H groups in total. The van der Waals surface area contributed by atoms with E-state index in [4.69, 9.17) is 4.74 Å². The third-order valence-electron chi connectivity index (χ3n) is 4.60. The maximum absolute atomic E-state index is 12.3. The van der Waals surface area contributed by atoms with Crippen LogP contribution >= 0.6 is 0 Å². The van der Waals surface area contributed by atoms with Gasteiger partial charge in [-0.15, -0.1) is 0 Å². The van der Waals surface area contributed by atoms with Gasteiger partial charge >= 0.3 is 5.97 Å². The molecule has 0 atom stereocenters. The van der Waals surface area contributed by atoms with Crippen molar-refractivity contribution in [3.8, 4) is 0 Å². The number of carbonyl (C=O) groups excluding carboxylic acids is 2. The van der Waals surface area contributed by atoms with E-state index in [1.165, 1.54) is 7.11 Å². The number of hydrogen-bond donors (Lipinski definition) is 1. The van der Waals surface area contributed by atoms with Crippen LogP contribution in [-0.2, 0) is 9.53 Å². The molecule has 1 heterocycles. The fraction of sp³-hybridized carbons (Fsp3) is 0.529. The van der Waals surface area contributed by atoms with Crippen LogP contribution < -0.4 is 10.2 Å². The van der Waals surface area contributed by atoms with E-state index in [9.17, 15) is 9.59 Å². The number of esters is 1. The highest BCUT2D eigenvalue weighted by molar-refractivity contribution is 5.99. The average Bonchev–Trinajstić information content (AvgIpc) is 2.98. The van der Waals surface area contributed by atoms with Gasteiger partial charge in [0, 0.05) is 19.0 Å². The predicted octanol–water partition coefficient (Wildman–Crippen LogP) is 2.81. The van der Waals surface area contributed by atoms with Crippen LogP contribution in [0.5, 0.6) is 0 Å². The quantitative estimate of drug-likeness (QED) is 0.869. The van der Waals surface area contributed by atoms with Gasteiger partial charge in [0.15, 0.2) is 0 Å². The number of anilines is 2. The minimum Gasteiger partial charge on any atom is -0.465 e. The number of rotatable bonds is 4. The standard InChI is InChI=1S/C17H22N2O3/c1-22-17(21)13-7-8-15(19-9-2-3-10-19)14(11-13)18-16(20)12-5-4-6-12/h7-8,11-12H,2-6,9-10H2,1H3,(H,18,20). The molecule has 0 unspecified atom stereocenters. The first-order valence-electron chi connectivity index (χ1n) is 7.97. The molecule has 3 rings (SSSR count). The number of amides is 1. The highest BCUT2D eigenvalue weighted by Crippen LogP contribution is 2.33. The summed E-state index contributed by atoms with van der Waals surface area (Å²) < 4.78 is 4.78. The van der Waals surface area contributed by atoms with Gasteiger partial charge in [-0.3, -0.25) is 4.79 Å². The Morgan fingerprint density at radius 2 is 1.91 bits per heavy atom. The largest absolute Gasteiger partial charge is 0.465 e. The SMILES string of the molecule is COC(=O)c1ccc(N2CCCC2)c(NC(=O)C2CCC2)c1. The first kappa shape index (κ1) is 14.9. The van der Waals surface area contributed by atoms with Crippen LogP contribution in [0.3, 0.4) is 0 Å². The summed E-state index contributed by atoms with van der Waals surface area (Å²) in [5.74, 6) is -0.200. The molecule has 0 aromatic heterocycles. The molecule has 2 aliphatic rings. The Kier molecular flexibility index (Phi) is 4.32. The first-order valence-corrected chi connectivity index (χ1v) is 7.97. The molecule has 0 radical (unpaired) electrons. The van der Waals surface area contributed by atoms with Crippen molar-refractivity contribution in [1.29, 1.82) is 0 Å². The van der Waals surface area contributed by atoms with Crippen molar-refractivity contribution in [3.63, 3.8) is 0 Å². The summed E-state index contributed by atoms with van der Waals surface area (Å²) in [6.07, 6.45) is 5.37. The highest BCUT2D eigenvalue weighted by Gasteiger charge is 2.27. The first-order chi connectivity index (χ1) is 10.7. The highest BCUT2D eigenvalue weighted by atomic mass is 16.5. The second-order valence-corrected chi connectivity index (χ2v) is 6.03. The van der Waals surface area contributed by atoms with Crippen LogP contribution in [0.25, 0.3) is 0 Å². The zero-order valence-corrected chi connectivity index (χ0v) is 12.9. The molecule has 1 saturated carbocycles. The number of benzene rings is 1. The van der Waals surface area contributed by atoms with E-state index in [1.807, 2.05) is 6.07 Å². The van der Waals surface area contributed by atoms with Crippen LogP contribution in [0.15, 0.2) is 18.2 Å². The second kappa shape index (κ2) is 6.38. The summed E-state index contributed by atoms with van der Waals surface area (Å²) in [6.45, 7) is 1.98. The van der Waals surface area contributed by atoms with E-state index < -0.39 is 0 Å². The number of methoxy groups -OCH3 is 1. The van der Waals surface area contributed by atoms with E-state index in [0.29, 0.717) is 5.56 Å². The van der Waals surface area contributed by atoms with Crippen LogP contribution in [0.1, 0.15) is 42.5 Å². The van der Waals surface area contributed by atoms with Gasteiger partial charge in [0.2, 0.25) is 5.91 Å². The lowest BCUT2D eigenvalue weighted by atomic mass is 9.85. The normalized spacial score (nSPS) is 18.0. The fourth-order valence-electron chi connectivity index (χ4n) is 3.02. The smallest absolute Gasteiger partial charge is 0.337 e. The Morgan fingerprint density at radius 3 is 2.50 bits per heavy atom. The van der Waals surface area contributed by atoms with Gasteiger partial charge in [0.05, 0.1) is 24.0 Å². The van der Waals surface area contributed by atoms with Gasteiger partial charge in [-0.1, -0.05) is 6.42 Å². The predicted molar refractivity (Wildman–Crippen MR) is 85.2 cm³/mol. The average molecular weight is 302 g/mol. The van der Waals surface area contributed by atoms with Crippen molar-refractivity contribution in [2.24, 2.45) is 5.92 Å². The monoisotopic (exact) mass is 302 g/mol. The van der Waals surface area contributed by atoms with E-state index in [-0.39, 0.29) is 17.8 Å². The van der Waals surface area contributed by atoms with Crippen molar-refractivity contribution >= 4 is 23.3 Å². The molecule has 0 bridgehead atoms. The third-order valence-corrected chi connectivity index (χ3v) is 4.60. The lowest BCUT2D eigenvalue weighted by Crippen LogP contribution is -2.29. The molecule has 1 aromatic rings. The van der Waals surface area contributed by atoms with Crippen LogP contribution in [0, 0.1) is 5.92 Å². The third kappa shape index (κ3) is 2.93. The second-order valence-electron chi connectivity index (χ2n) is 6.03. The number of ether oxygens (including phenoxy) is 1. The molecule has 1 aliphatic carbocycles. The van der Waals surface area contributed by atoms with Crippen molar-refractivity contribution in [1.82, 2.24) is 0 Å². The molecular weight excluding hydrogens is 280 g/mol. The van der Waals surface area contributed by atoms with Crippen LogP contribution in [0.4, 0.5) is 11.4 Å². The van der Waals surface area contributed by atoms with E-state index in [1.54, 1.807) is 12.1 Å². The molecule has 0 spiro atoms. The number of nitrogens with one attached hydrogen (secondary N) is 1. The lowest BCUT2D eigenvalue weighted by molar-refractivity contribution is -0.122. The van der Waals surface area contributed by atoms with Crippen molar-refractivity contribution in [2.45, 2.75) is 32.1 Å². The maximum atomic E-state index is 12.3. The summed E-state index contributed by atoms with van der Waals surface area (Å²) in [5.41, 5.74) is 2.19. The minimum absolute atomic E-state index is 0.0636. The molecule has 5 nitrogen and oxygen atoms in total. The van der Waals surface area contributed by atoms with Crippen LogP contribution in [-0.4, -0.2) is 32.1 Å². The van der Waals surface area contributed by atoms with Crippen LogP contribution in [0.2, 0.25) is 0 Å². The summed E-state index contributed by atoms with van der Waals surface area (Å²) in [6, 6.07) is 5.41. The van der Waals surface area contributed by atoms with E-state index >= 15 is 0 Å². The van der Waals surface area contributed by atoms with Gasteiger partial charge < -0.3 is 15.0 Å². The van der Waals surface area contributed by atoms with Gasteiger partial charge in [0.1, 0.15) is 0 Å². The summed E-state index contributed by atoms with van der Waals surface area (Å²) in [5, 5.41) is 3.02. The van der Waals surface area contributed by atoms with Crippen molar-refractivity contribution in [2.75, 3.05) is 30.4 Å². The molecule has 118 valence electrons. The Hall–Kier alpha value is -2.04. The number of carbonyl (C=O) groups is 2. The number of nitrogens with zero attached hydrogens (tertiary/aromatic N) is 1. The van der Waals surface area contributed by atoms with E-state index in [0.717, 1.165) is 56.6 Å². The van der Waals surface area contributed by atoms with Gasteiger partial charge in [-0.2, -0.15) is 0 Å². The maximum Gasteiger partial charge on any atom is 0.337 e. The Bertz CT molecular complexity index is 575. The Morgan fingerprint density at radius 1 is 1.18 bits per heavy atom. The van der Waals surface area contributed by atoms with E-state index in [2.05, 4.69) is 10.2 Å². The summed E-state index contributed by atoms with van der Waals surface area (Å²) >= 11 is 0. The van der Waals surface area contributed by atoms with Crippen molar-refractivity contribution in [3.05, 3.63) is 23.8 Å². The molecule has 1 aromatic carbocycles. The summed E-state index contributed by atoms with van der Waals surface area (Å²) in [4.78, 5) is 26.3.